The Morgan fingerprint density at radius 1 is 1.10 bits per heavy atom. The van der Waals surface area contributed by atoms with Gasteiger partial charge in [-0.05, 0) is 36.6 Å². The summed E-state index contributed by atoms with van der Waals surface area (Å²) in [6.45, 7) is 4.05. The van der Waals surface area contributed by atoms with E-state index in [4.69, 9.17) is 0 Å². The number of nitrogens with one attached hydrogen (secondary N) is 1. The molecule has 0 bridgehead atoms. The smallest absolute Gasteiger partial charge is 0.228 e. The third-order valence-corrected chi connectivity index (χ3v) is 4.13. The highest BCUT2D eigenvalue weighted by atomic mass is 79.9. The predicted octanol–water partition coefficient (Wildman–Crippen LogP) is 4.82. The molecule has 0 aliphatic heterocycles. The van der Waals surface area contributed by atoms with Gasteiger partial charge in [-0.3, -0.25) is 4.79 Å². The number of rotatable bonds is 5. The molecule has 2 aromatic carbocycles. The Labute approximate surface area is 134 Å². The first kappa shape index (κ1) is 15.8. The maximum absolute atomic E-state index is 12.5. The quantitative estimate of drug-likeness (QED) is 0.826. The molecule has 0 aromatic heterocycles. The van der Waals surface area contributed by atoms with Crippen molar-refractivity contribution in [3.63, 3.8) is 0 Å². The summed E-state index contributed by atoms with van der Waals surface area (Å²) in [4.78, 5) is 12.5. The van der Waals surface area contributed by atoms with Crippen molar-refractivity contribution >= 4 is 21.8 Å². The minimum absolute atomic E-state index is 0.00670. The summed E-state index contributed by atoms with van der Waals surface area (Å²) in [5, 5.41) is 3.11. The molecule has 0 saturated heterocycles. The fourth-order valence-corrected chi connectivity index (χ4v) is 2.85. The molecule has 1 N–H and O–H groups in total. The second kappa shape index (κ2) is 7.41. The van der Waals surface area contributed by atoms with Crippen molar-refractivity contribution in [1.29, 1.82) is 0 Å². The number of amides is 1. The van der Waals surface area contributed by atoms with E-state index in [2.05, 4.69) is 21.2 Å². The zero-order valence-corrected chi connectivity index (χ0v) is 13.9. The van der Waals surface area contributed by atoms with Crippen LogP contribution >= 0.6 is 15.9 Å². The maximum atomic E-state index is 12.5. The third kappa shape index (κ3) is 4.18. The first-order valence-corrected chi connectivity index (χ1v) is 8.02. The molecule has 0 unspecified atom stereocenters. The fourth-order valence-electron chi connectivity index (χ4n) is 2.43. The first-order chi connectivity index (χ1) is 10.1. The van der Waals surface area contributed by atoms with E-state index < -0.39 is 0 Å². The van der Waals surface area contributed by atoms with E-state index in [1.807, 2.05) is 68.4 Å². The van der Waals surface area contributed by atoms with E-state index in [-0.39, 0.29) is 17.9 Å². The van der Waals surface area contributed by atoms with Crippen molar-refractivity contribution in [2.45, 2.75) is 32.2 Å². The zero-order chi connectivity index (χ0) is 15.2. The van der Waals surface area contributed by atoms with Crippen molar-refractivity contribution in [1.82, 2.24) is 5.32 Å². The van der Waals surface area contributed by atoms with Crippen LogP contribution in [0.2, 0.25) is 0 Å². The van der Waals surface area contributed by atoms with Gasteiger partial charge in [-0.25, -0.2) is 0 Å². The van der Waals surface area contributed by atoms with Crippen molar-refractivity contribution in [2.75, 3.05) is 0 Å². The first-order valence-electron chi connectivity index (χ1n) is 7.22. The van der Waals surface area contributed by atoms with Crippen molar-refractivity contribution in [3.8, 4) is 0 Å². The van der Waals surface area contributed by atoms with Crippen LogP contribution in [0.15, 0.2) is 59.1 Å². The number of benzene rings is 2. The number of halogens is 1. The van der Waals surface area contributed by atoms with Gasteiger partial charge in [-0.1, -0.05) is 65.3 Å². The van der Waals surface area contributed by atoms with Gasteiger partial charge in [-0.15, -0.1) is 0 Å². The van der Waals surface area contributed by atoms with E-state index in [1.54, 1.807) is 0 Å². The largest absolute Gasteiger partial charge is 0.349 e. The SMILES string of the molecule is CC[C@@H](C(=O)N[C@@H](C)c1cccc(Br)c1)c1ccccc1. The normalized spacial score (nSPS) is 13.5. The van der Waals surface area contributed by atoms with Crippen LogP contribution < -0.4 is 5.32 Å². The van der Waals surface area contributed by atoms with Gasteiger partial charge in [-0.2, -0.15) is 0 Å². The van der Waals surface area contributed by atoms with Gasteiger partial charge in [0.15, 0.2) is 0 Å². The average Bonchev–Trinajstić information content (AvgIpc) is 2.49. The topological polar surface area (TPSA) is 29.1 Å². The molecular formula is C18H20BrNO. The molecule has 21 heavy (non-hydrogen) atoms. The molecule has 1 amide bonds. The Kier molecular flexibility index (Phi) is 5.57. The zero-order valence-electron chi connectivity index (χ0n) is 12.3. The summed E-state index contributed by atoms with van der Waals surface area (Å²) >= 11 is 3.46. The average molecular weight is 346 g/mol. The van der Waals surface area contributed by atoms with Crippen LogP contribution in [0.25, 0.3) is 0 Å². The molecule has 2 atom stereocenters. The highest BCUT2D eigenvalue weighted by Gasteiger charge is 2.20. The van der Waals surface area contributed by atoms with Gasteiger partial charge in [0, 0.05) is 4.47 Å². The number of hydrogen-bond acceptors (Lipinski definition) is 1. The summed E-state index contributed by atoms with van der Waals surface area (Å²) in [6.07, 6.45) is 0.793. The second-order valence-electron chi connectivity index (χ2n) is 5.16. The van der Waals surface area contributed by atoms with Crippen LogP contribution in [0.1, 0.15) is 43.4 Å². The van der Waals surface area contributed by atoms with Gasteiger partial charge in [0.2, 0.25) is 5.91 Å². The molecule has 2 rings (SSSR count). The molecule has 0 fully saturated rings. The summed E-state index contributed by atoms with van der Waals surface area (Å²) in [7, 11) is 0. The Hall–Kier alpha value is -1.61. The van der Waals surface area contributed by atoms with Crippen LogP contribution in [-0.2, 0) is 4.79 Å². The lowest BCUT2D eigenvalue weighted by Crippen LogP contribution is -2.31. The van der Waals surface area contributed by atoms with Crippen LogP contribution in [-0.4, -0.2) is 5.91 Å². The molecule has 2 aromatic rings. The molecule has 3 heteroatoms. The van der Waals surface area contributed by atoms with E-state index in [1.165, 1.54) is 0 Å². The molecule has 2 nitrogen and oxygen atoms in total. The Balaban J connectivity index is 2.09. The Bertz CT molecular complexity index is 597. The predicted molar refractivity (Wildman–Crippen MR) is 90.2 cm³/mol. The lowest BCUT2D eigenvalue weighted by Gasteiger charge is -2.20. The van der Waals surface area contributed by atoms with E-state index in [0.29, 0.717) is 0 Å². The number of carbonyl (C=O) groups is 1. The van der Waals surface area contributed by atoms with Crippen molar-refractivity contribution in [2.24, 2.45) is 0 Å². The highest BCUT2D eigenvalue weighted by molar-refractivity contribution is 9.10. The summed E-state index contributed by atoms with van der Waals surface area (Å²) in [5.74, 6) is -0.0167. The second-order valence-corrected chi connectivity index (χ2v) is 6.07. The Morgan fingerprint density at radius 3 is 2.38 bits per heavy atom. The molecule has 0 aliphatic rings. The van der Waals surface area contributed by atoms with E-state index >= 15 is 0 Å². The van der Waals surface area contributed by atoms with Crippen LogP contribution in [0.3, 0.4) is 0 Å². The van der Waals surface area contributed by atoms with Gasteiger partial charge in [0.05, 0.1) is 12.0 Å². The third-order valence-electron chi connectivity index (χ3n) is 3.63. The molecule has 0 spiro atoms. The van der Waals surface area contributed by atoms with Crippen LogP contribution in [0, 0.1) is 0 Å². The molecule has 0 saturated carbocycles. The van der Waals surface area contributed by atoms with Crippen molar-refractivity contribution < 1.29 is 4.79 Å². The molecule has 0 radical (unpaired) electrons. The fraction of sp³-hybridized carbons (Fsp3) is 0.278. The van der Waals surface area contributed by atoms with Gasteiger partial charge < -0.3 is 5.32 Å². The molecule has 110 valence electrons. The minimum Gasteiger partial charge on any atom is -0.349 e. The minimum atomic E-state index is -0.0965. The number of hydrogen-bond donors (Lipinski definition) is 1. The molecule has 0 aliphatic carbocycles. The molecule has 0 heterocycles. The van der Waals surface area contributed by atoms with Crippen LogP contribution in [0.4, 0.5) is 0 Å². The van der Waals surface area contributed by atoms with Gasteiger partial charge in [0.25, 0.3) is 0 Å². The highest BCUT2D eigenvalue weighted by Crippen LogP contribution is 2.22. The van der Waals surface area contributed by atoms with Gasteiger partial charge >= 0.3 is 0 Å². The van der Waals surface area contributed by atoms with E-state index in [0.717, 1.165) is 22.0 Å². The van der Waals surface area contributed by atoms with Crippen molar-refractivity contribution in [3.05, 3.63) is 70.2 Å². The number of carbonyl (C=O) groups excluding carboxylic acids is 1. The lowest BCUT2D eigenvalue weighted by molar-refractivity contribution is -0.123. The standard InChI is InChI=1S/C18H20BrNO/c1-3-17(14-8-5-4-6-9-14)18(21)20-13(2)15-10-7-11-16(19)12-15/h4-13,17H,3H2,1-2H3,(H,20,21)/t13-,17+/m0/s1. The summed E-state index contributed by atoms with van der Waals surface area (Å²) in [6, 6.07) is 18.0. The molecular weight excluding hydrogens is 326 g/mol. The summed E-state index contributed by atoms with van der Waals surface area (Å²) in [5.41, 5.74) is 2.17. The van der Waals surface area contributed by atoms with E-state index in [9.17, 15) is 4.79 Å². The van der Waals surface area contributed by atoms with Crippen LogP contribution in [0.5, 0.6) is 0 Å². The Morgan fingerprint density at radius 2 is 1.76 bits per heavy atom. The lowest BCUT2D eigenvalue weighted by atomic mass is 9.95. The van der Waals surface area contributed by atoms with Gasteiger partial charge in [0.1, 0.15) is 0 Å². The summed E-state index contributed by atoms with van der Waals surface area (Å²) < 4.78 is 1.02. The monoisotopic (exact) mass is 345 g/mol. The maximum Gasteiger partial charge on any atom is 0.228 e.